The number of anilines is 1. The van der Waals surface area contributed by atoms with Crippen LogP contribution in [-0.4, -0.2) is 64.2 Å². The van der Waals surface area contributed by atoms with Crippen LogP contribution in [0.25, 0.3) is 0 Å². The molecule has 0 N–H and O–H groups in total. The number of hydrogen-bond donors (Lipinski definition) is 0. The van der Waals surface area contributed by atoms with Crippen molar-refractivity contribution >= 4 is 52.5 Å². The van der Waals surface area contributed by atoms with Gasteiger partial charge < -0.3 is 9.80 Å². The van der Waals surface area contributed by atoms with Crippen molar-refractivity contribution in [1.82, 2.24) is 14.9 Å². The Morgan fingerprint density at radius 1 is 1.30 bits per heavy atom. The molecule has 1 amide bonds. The number of carbonyl (C=O) groups is 2. The molecule has 6 nitrogen and oxygen atoms in total. The van der Waals surface area contributed by atoms with Crippen molar-refractivity contribution in [3.63, 3.8) is 0 Å². The van der Waals surface area contributed by atoms with E-state index >= 15 is 0 Å². The average Bonchev–Trinajstić information content (AvgIpc) is 3.03. The van der Waals surface area contributed by atoms with Crippen LogP contribution in [0.1, 0.15) is 10.4 Å². The van der Waals surface area contributed by atoms with Crippen molar-refractivity contribution in [1.29, 1.82) is 0 Å². The van der Waals surface area contributed by atoms with E-state index in [2.05, 4.69) is 14.9 Å². The Hall–Kier alpha value is -1.77. The highest BCUT2D eigenvalue weighted by Gasteiger charge is 2.41. The third-order valence-electron chi connectivity index (χ3n) is 4.64. The first-order valence-electron chi connectivity index (χ1n) is 8.48. The van der Waals surface area contributed by atoms with Gasteiger partial charge in [0, 0.05) is 43.1 Å². The van der Waals surface area contributed by atoms with Crippen LogP contribution in [0.2, 0.25) is 5.02 Å². The topological polar surface area (TPSA) is 66.4 Å². The molecule has 0 saturated carbocycles. The Labute approximate surface area is 170 Å². The Kier molecular flexibility index (Phi) is 5.29. The number of Topliss-reactive ketones (excluding diaryl/α,β-unsaturated/α-hetero) is 1. The molecule has 1 saturated heterocycles. The van der Waals surface area contributed by atoms with Gasteiger partial charge in [0.1, 0.15) is 5.03 Å². The minimum Gasteiger partial charge on any atom is -0.368 e. The molecule has 0 spiro atoms. The van der Waals surface area contributed by atoms with E-state index in [-0.39, 0.29) is 11.7 Å². The van der Waals surface area contributed by atoms with Gasteiger partial charge in [-0.2, -0.15) is 0 Å². The van der Waals surface area contributed by atoms with E-state index in [0.29, 0.717) is 46.9 Å². The molecular weight excluding hydrogens is 404 g/mol. The van der Waals surface area contributed by atoms with Gasteiger partial charge in [-0.3, -0.25) is 9.59 Å². The van der Waals surface area contributed by atoms with Gasteiger partial charge in [-0.1, -0.05) is 41.2 Å². The van der Waals surface area contributed by atoms with Gasteiger partial charge in [0.15, 0.2) is 16.2 Å². The van der Waals surface area contributed by atoms with Gasteiger partial charge in [-0.15, -0.1) is 0 Å². The maximum absolute atomic E-state index is 12.9. The summed E-state index contributed by atoms with van der Waals surface area (Å²) in [6.45, 7) is 2.57. The molecule has 1 aromatic carbocycles. The number of halogens is 1. The minimum atomic E-state index is -0.746. The van der Waals surface area contributed by atoms with E-state index in [1.165, 1.54) is 29.7 Å². The van der Waals surface area contributed by atoms with Gasteiger partial charge in [-0.05, 0) is 24.5 Å². The van der Waals surface area contributed by atoms with Crippen molar-refractivity contribution < 1.29 is 9.59 Å². The molecular formula is C18H17ClN4O2S2. The number of nitrogens with zero attached hydrogens (tertiary/aromatic N) is 4. The third-order valence-corrected chi connectivity index (χ3v) is 6.62. The number of thioether (sulfide) groups is 2. The Bertz CT molecular complexity index is 903. The zero-order valence-electron chi connectivity index (χ0n) is 14.6. The normalized spacial score (nSPS) is 19.3. The predicted molar refractivity (Wildman–Crippen MR) is 108 cm³/mol. The summed E-state index contributed by atoms with van der Waals surface area (Å²) in [5.74, 6) is -0.329. The van der Waals surface area contributed by atoms with Crippen LogP contribution in [0.5, 0.6) is 0 Å². The van der Waals surface area contributed by atoms with Gasteiger partial charge in [-0.25, -0.2) is 9.97 Å². The quantitative estimate of drug-likeness (QED) is 0.327. The number of benzene rings is 1. The minimum absolute atomic E-state index is 0.139. The number of amides is 1. The number of aromatic nitrogens is 2. The molecule has 9 heteroatoms. The number of hydrogen-bond acceptors (Lipinski definition) is 7. The summed E-state index contributed by atoms with van der Waals surface area (Å²) in [6, 6.07) is 7.70. The molecule has 140 valence electrons. The first-order valence-corrected chi connectivity index (χ1v) is 11.0. The maximum atomic E-state index is 12.9. The molecule has 4 rings (SSSR count). The zero-order chi connectivity index (χ0) is 19.0. The van der Waals surface area contributed by atoms with E-state index in [1.54, 1.807) is 4.90 Å². The summed E-state index contributed by atoms with van der Waals surface area (Å²) in [6.07, 6.45) is 3.42. The van der Waals surface area contributed by atoms with Crippen LogP contribution >= 0.6 is 35.1 Å². The van der Waals surface area contributed by atoms with Crippen molar-refractivity contribution in [2.45, 2.75) is 15.4 Å². The fourth-order valence-electron chi connectivity index (χ4n) is 3.20. The predicted octanol–water partition coefficient (Wildman–Crippen LogP) is 2.86. The Balaban J connectivity index is 1.42. The number of ketones is 1. The third kappa shape index (κ3) is 3.66. The molecule has 3 heterocycles. The van der Waals surface area contributed by atoms with Crippen molar-refractivity contribution in [2.75, 3.05) is 37.3 Å². The summed E-state index contributed by atoms with van der Waals surface area (Å²) < 4.78 is 0. The number of fused-ring (bicyclic) bond motifs is 1. The molecule has 27 heavy (non-hydrogen) atoms. The van der Waals surface area contributed by atoms with Gasteiger partial charge in [0.25, 0.3) is 0 Å². The van der Waals surface area contributed by atoms with Crippen molar-refractivity contribution in [3.8, 4) is 0 Å². The molecule has 1 unspecified atom stereocenters. The fraction of sp³-hybridized carbons (Fsp3) is 0.333. The highest BCUT2D eigenvalue weighted by molar-refractivity contribution is 8.02. The number of piperazine rings is 1. The smallest absolute Gasteiger partial charge is 0.244 e. The second kappa shape index (κ2) is 7.69. The monoisotopic (exact) mass is 420 g/mol. The Morgan fingerprint density at radius 2 is 2.07 bits per heavy atom. The molecule has 2 aromatic rings. The van der Waals surface area contributed by atoms with Gasteiger partial charge in [0.05, 0.1) is 5.56 Å². The molecule has 2 aliphatic rings. The highest BCUT2D eigenvalue weighted by atomic mass is 35.5. The van der Waals surface area contributed by atoms with Crippen LogP contribution in [-0.2, 0) is 4.79 Å². The lowest BCUT2D eigenvalue weighted by atomic mass is 10.1. The summed E-state index contributed by atoms with van der Waals surface area (Å²) in [7, 11) is 0. The molecule has 1 fully saturated rings. The fourth-order valence-corrected chi connectivity index (χ4v) is 4.91. The molecule has 1 atom stereocenters. The highest BCUT2D eigenvalue weighted by Crippen LogP contribution is 2.37. The first kappa shape index (κ1) is 18.6. The molecule has 1 aromatic heterocycles. The summed E-state index contributed by atoms with van der Waals surface area (Å²) in [5.41, 5.74) is 1.50. The Morgan fingerprint density at radius 3 is 2.78 bits per heavy atom. The molecule has 0 aliphatic carbocycles. The molecule has 0 bridgehead atoms. The molecule has 2 aliphatic heterocycles. The lowest BCUT2D eigenvalue weighted by molar-refractivity contribution is -0.130. The van der Waals surface area contributed by atoms with Crippen molar-refractivity contribution in [3.05, 3.63) is 41.0 Å². The van der Waals surface area contributed by atoms with Crippen LogP contribution in [0.4, 0.5) is 5.69 Å². The zero-order valence-corrected chi connectivity index (χ0v) is 17.0. The standard InChI is InChI=1S/C18H17ClN4O2S2/c1-26-18-20-10-13-14(24)15(27-16(13)21-18)17(25)23-7-5-22(6-8-23)12-4-2-3-11(19)9-12/h2-4,9-10,15H,5-8H2,1H3. The summed E-state index contributed by atoms with van der Waals surface area (Å²) >= 11 is 8.72. The second-order valence-corrected chi connectivity index (χ2v) is 8.53. The van der Waals surface area contributed by atoms with E-state index in [0.717, 1.165) is 5.69 Å². The van der Waals surface area contributed by atoms with E-state index < -0.39 is 5.25 Å². The SMILES string of the molecule is CSc1ncc2c(n1)SC(C(=O)N1CCN(c3cccc(Cl)c3)CC1)C2=O. The van der Waals surface area contributed by atoms with Crippen LogP contribution in [0, 0.1) is 0 Å². The average molecular weight is 421 g/mol. The maximum Gasteiger partial charge on any atom is 0.244 e. The largest absolute Gasteiger partial charge is 0.368 e. The number of carbonyl (C=O) groups excluding carboxylic acids is 2. The summed E-state index contributed by atoms with van der Waals surface area (Å²) in [4.78, 5) is 38.0. The number of rotatable bonds is 3. The van der Waals surface area contributed by atoms with E-state index in [1.807, 2.05) is 30.5 Å². The lowest BCUT2D eigenvalue weighted by Crippen LogP contribution is -2.51. The van der Waals surface area contributed by atoms with Gasteiger partial charge >= 0.3 is 0 Å². The van der Waals surface area contributed by atoms with Crippen LogP contribution < -0.4 is 4.90 Å². The van der Waals surface area contributed by atoms with E-state index in [9.17, 15) is 9.59 Å². The van der Waals surface area contributed by atoms with Crippen LogP contribution in [0.15, 0.2) is 40.6 Å². The second-order valence-electron chi connectivity index (χ2n) is 6.23. The van der Waals surface area contributed by atoms with E-state index in [4.69, 9.17) is 11.6 Å². The first-order chi connectivity index (χ1) is 13.1. The summed E-state index contributed by atoms with van der Waals surface area (Å²) in [5, 5.41) is 1.17. The van der Waals surface area contributed by atoms with Crippen LogP contribution in [0.3, 0.4) is 0 Å². The molecule has 0 radical (unpaired) electrons. The lowest BCUT2D eigenvalue weighted by Gasteiger charge is -2.36. The van der Waals surface area contributed by atoms with Gasteiger partial charge in [0.2, 0.25) is 5.91 Å². The van der Waals surface area contributed by atoms with Crippen molar-refractivity contribution in [2.24, 2.45) is 0 Å².